The van der Waals surface area contributed by atoms with Crippen LogP contribution in [0.4, 0.5) is 0 Å². The third kappa shape index (κ3) is 2.10. The molecule has 112 valence electrons. The van der Waals surface area contributed by atoms with Gasteiger partial charge in [0.15, 0.2) is 0 Å². The molecule has 1 amide bonds. The first-order valence-electron chi connectivity index (χ1n) is 8.54. The number of hydrogen-bond donors (Lipinski definition) is 0. The van der Waals surface area contributed by atoms with Gasteiger partial charge < -0.3 is 4.90 Å². The second kappa shape index (κ2) is 4.90. The van der Waals surface area contributed by atoms with E-state index in [2.05, 4.69) is 4.90 Å². The van der Waals surface area contributed by atoms with Gasteiger partial charge in [-0.1, -0.05) is 0 Å². The van der Waals surface area contributed by atoms with Crippen LogP contribution in [0.1, 0.15) is 51.4 Å². The molecule has 0 aromatic carbocycles. The molecule has 1 atom stereocenters. The number of carbonyl (C=O) groups is 1. The zero-order valence-electron chi connectivity index (χ0n) is 12.3. The number of rotatable bonds is 3. The summed E-state index contributed by atoms with van der Waals surface area (Å²) in [6.07, 6.45) is 10.1. The Kier molecular flexibility index (Phi) is 3.29. The minimum atomic E-state index is 0.0601. The van der Waals surface area contributed by atoms with E-state index in [-0.39, 0.29) is 5.41 Å². The maximum absolute atomic E-state index is 13.1. The van der Waals surface area contributed by atoms with E-state index in [1.807, 2.05) is 0 Å². The number of hydrogen-bond acceptors (Lipinski definition) is 1. The van der Waals surface area contributed by atoms with Crippen molar-refractivity contribution in [2.45, 2.75) is 51.4 Å². The van der Waals surface area contributed by atoms with Crippen LogP contribution in [-0.2, 0) is 4.79 Å². The standard InChI is InChI=1S/C17H26ClNO/c18-3-1-12-2-4-19(11-12)16(20)17-8-13-5-14(9-17)7-15(6-13)10-17/h12-15H,1-11H2. The largest absolute Gasteiger partial charge is 0.342 e. The highest BCUT2D eigenvalue weighted by atomic mass is 35.5. The molecule has 4 saturated carbocycles. The molecule has 4 aliphatic carbocycles. The zero-order valence-corrected chi connectivity index (χ0v) is 13.1. The molecule has 20 heavy (non-hydrogen) atoms. The Bertz CT molecular complexity index is 373. The molecular formula is C17H26ClNO. The molecule has 4 bridgehead atoms. The lowest BCUT2D eigenvalue weighted by molar-refractivity contribution is -0.156. The summed E-state index contributed by atoms with van der Waals surface area (Å²) in [5.41, 5.74) is 0.0601. The molecule has 0 aromatic heterocycles. The third-order valence-electron chi connectivity index (χ3n) is 6.58. The second-order valence-electron chi connectivity index (χ2n) is 8.08. The van der Waals surface area contributed by atoms with Gasteiger partial charge in [0.1, 0.15) is 0 Å². The van der Waals surface area contributed by atoms with Gasteiger partial charge in [-0.2, -0.15) is 0 Å². The molecule has 5 aliphatic rings. The molecule has 1 heterocycles. The molecular weight excluding hydrogens is 270 g/mol. The second-order valence-corrected chi connectivity index (χ2v) is 8.46. The predicted molar refractivity (Wildman–Crippen MR) is 80.6 cm³/mol. The molecule has 0 spiro atoms. The van der Waals surface area contributed by atoms with Crippen LogP contribution in [0.5, 0.6) is 0 Å². The quantitative estimate of drug-likeness (QED) is 0.727. The lowest BCUT2D eigenvalue weighted by Crippen LogP contribution is -2.54. The van der Waals surface area contributed by atoms with Crippen LogP contribution in [0.25, 0.3) is 0 Å². The van der Waals surface area contributed by atoms with Crippen molar-refractivity contribution in [1.29, 1.82) is 0 Å². The zero-order chi connectivity index (χ0) is 13.7. The van der Waals surface area contributed by atoms with Gasteiger partial charge in [-0.15, -0.1) is 11.6 Å². The van der Waals surface area contributed by atoms with Gasteiger partial charge in [-0.05, 0) is 75.0 Å². The first kappa shape index (κ1) is 13.4. The van der Waals surface area contributed by atoms with Crippen molar-refractivity contribution < 1.29 is 4.79 Å². The van der Waals surface area contributed by atoms with Crippen molar-refractivity contribution in [3.05, 3.63) is 0 Å². The van der Waals surface area contributed by atoms with Crippen LogP contribution in [0.2, 0.25) is 0 Å². The van der Waals surface area contributed by atoms with Gasteiger partial charge in [0, 0.05) is 19.0 Å². The van der Waals surface area contributed by atoms with Crippen molar-refractivity contribution in [2.75, 3.05) is 19.0 Å². The SMILES string of the molecule is O=C(N1CCC(CCCl)C1)C12CC3CC(CC(C3)C1)C2. The van der Waals surface area contributed by atoms with Crippen molar-refractivity contribution >= 4 is 17.5 Å². The molecule has 0 aromatic rings. The monoisotopic (exact) mass is 295 g/mol. The Balaban J connectivity index is 1.48. The Labute approximate surface area is 127 Å². The summed E-state index contributed by atoms with van der Waals surface area (Å²) in [5.74, 6) is 4.52. The summed E-state index contributed by atoms with van der Waals surface area (Å²) in [7, 11) is 0. The summed E-state index contributed by atoms with van der Waals surface area (Å²) in [6, 6.07) is 0. The van der Waals surface area contributed by atoms with Crippen LogP contribution in [-0.4, -0.2) is 29.8 Å². The average molecular weight is 296 g/mol. The number of likely N-dealkylation sites (tertiary alicyclic amines) is 1. The number of carbonyl (C=O) groups excluding carboxylic acids is 1. The summed E-state index contributed by atoms with van der Waals surface area (Å²) in [6.45, 7) is 1.97. The fraction of sp³-hybridized carbons (Fsp3) is 0.941. The minimum absolute atomic E-state index is 0.0601. The molecule has 1 unspecified atom stereocenters. The van der Waals surface area contributed by atoms with Crippen LogP contribution in [0, 0.1) is 29.1 Å². The lowest BCUT2D eigenvalue weighted by Gasteiger charge is -2.56. The number of amides is 1. The molecule has 3 heteroatoms. The van der Waals surface area contributed by atoms with Crippen LogP contribution >= 0.6 is 11.6 Å². The van der Waals surface area contributed by atoms with Gasteiger partial charge in [0.05, 0.1) is 5.41 Å². The fourth-order valence-corrected chi connectivity index (χ4v) is 6.42. The van der Waals surface area contributed by atoms with Crippen molar-refractivity contribution in [3.63, 3.8) is 0 Å². The Morgan fingerprint density at radius 3 is 2.25 bits per heavy atom. The van der Waals surface area contributed by atoms with Crippen LogP contribution in [0.3, 0.4) is 0 Å². The minimum Gasteiger partial charge on any atom is -0.342 e. The maximum atomic E-state index is 13.1. The van der Waals surface area contributed by atoms with E-state index < -0.39 is 0 Å². The number of halogens is 1. The van der Waals surface area contributed by atoms with Gasteiger partial charge in [-0.25, -0.2) is 0 Å². The predicted octanol–water partition coefficient (Wildman–Crippen LogP) is 3.68. The van der Waals surface area contributed by atoms with E-state index in [4.69, 9.17) is 11.6 Å². The highest BCUT2D eigenvalue weighted by Crippen LogP contribution is 2.60. The van der Waals surface area contributed by atoms with Crippen molar-refractivity contribution in [3.8, 4) is 0 Å². The van der Waals surface area contributed by atoms with Crippen molar-refractivity contribution in [2.24, 2.45) is 29.1 Å². The lowest BCUT2D eigenvalue weighted by atomic mass is 9.49. The fourth-order valence-electron chi connectivity index (χ4n) is 6.12. The van der Waals surface area contributed by atoms with E-state index in [0.717, 1.165) is 43.1 Å². The molecule has 1 aliphatic heterocycles. The highest BCUT2D eigenvalue weighted by Gasteiger charge is 2.55. The molecule has 5 fully saturated rings. The normalized spacial score (nSPS) is 46.1. The van der Waals surface area contributed by atoms with Gasteiger partial charge in [0.2, 0.25) is 5.91 Å². The van der Waals surface area contributed by atoms with Gasteiger partial charge in [-0.3, -0.25) is 4.79 Å². The summed E-state index contributed by atoms with van der Waals surface area (Å²) in [5, 5.41) is 0. The van der Waals surface area contributed by atoms with E-state index in [0.29, 0.717) is 11.8 Å². The Morgan fingerprint density at radius 1 is 1.10 bits per heavy atom. The van der Waals surface area contributed by atoms with E-state index in [1.54, 1.807) is 0 Å². The van der Waals surface area contributed by atoms with Gasteiger partial charge >= 0.3 is 0 Å². The average Bonchev–Trinajstić information content (AvgIpc) is 2.85. The summed E-state index contributed by atoms with van der Waals surface area (Å²) in [4.78, 5) is 15.3. The highest BCUT2D eigenvalue weighted by molar-refractivity contribution is 6.17. The molecule has 0 N–H and O–H groups in total. The number of alkyl halides is 1. The smallest absolute Gasteiger partial charge is 0.228 e. The summed E-state index contributed by atoms with van der Waals surface area (Å²) < 4.78 is 0. The third-order valence-corrected chi connectivity index (χ3v) is 6.80. The molecule has 2 nitrogen and oxygen atoms in total. The maximum Gasteiger partial charge on any atom is 0.228 e. The van der Waals surface area contributed by atoms with Crippen molar-refractivity contribution in [1.82, 2.24) is 4.90 Å². The topological polar surface area (TPSA) is 20.3 Å². The summed E-state index contributed by atoms with van der Waals surface area (Å²) >= 11 is 5.86. The molecule has 5 rings (SSSR count). The van der Waals surface area contributed by atoms with E-state index in [9.17, 15) is 4.79 Å². The number of nitrogens with zero attached hydrogens (tertiary/aromatic N) is 1. The Morgan fingerprint density at radius 2 is 1.70 bits per heavy atom. The van der Waals surface area contributed by atoms with E-state index >= 15 is 0 Å². The molecule has 1 saturated heterocycles. The van der Waals surface area contributed by atoms with Crippen LogP contribution < -0.4 is 0 Å². The first-order chi connectivity index (χ1) is 9.68. The Hall–Kier alpha value is -0.240. The van der Waals surface area contributed by atoms with E-state index in [1.165, 1.54) is 44.9 Å². The molecule has 0 radical (unpaired) electrons. The van der Waals surface area contributed by atoms with Crippen LogP contribution in [0.15, 0.2) is 0 Å². The van der Waals surface area contributed by atoms with Gasteiger partial charge in [0.25, 0.3) is 0 Å². The first-order valence-corrected chi connectivity index (χ1v) is 9.07.